The summed E-state index contributed by atoms with van der Waals surface area (Å²) >= 11 is 0. The summed E-state index contributed by atoms with van der Waals surface area (Å²) < 4.78 is 0. The fourth-order valence-electron chi connectivity index (χ4n) is 3.66. The number of hydrogen-bond acceptors (Lipinski definition) is 2. The Balaban J connectivity index is 1.73. The number of piperidine rings is 1. The van der Waals surface area contributed by atoms with Gasteiger partial charge in [0.1, 0.15) is 0 Å². The Hall–Kier alpha value is -1.02. The maximum atomic E-state index is 3.52. The van der Waals surface area contributed by atoms with E-state index >= 15 is 0 Å². The standard InChI is InChI=1S/C17H26N2/c1-2-4-14-8-11-19(12-9-14)17-6-3-5-15-7-10-18-13-16(15)17/h3,5-6,14,18H,2,4,7-13H2,1H3. The third-order valence-electron chi connectivity index (χ3n) is 4.77. The maximum absolute atomic E-state index is 3.52. The molecule has 19 heavy (non-hydrogen) atoms. The van der Waals surface area contributed by atoms with Gasteiger partial charge in [-0.05, 0) is 48.9 Å². The molecule has 104 valence electrons. The Morgan fingerprint density at radius 1 is 1.26 bits per heavy atom. The first-order chi connectivity index (χ1) is 9.38. The molecule has 1 aromatic rings. The van der Waals surface area contributed by atoms with Crippen LogP contribution in [0.25, 0.3) is 0 Å². The molecule has 2 aliphatic heterocycles. The summed E-state index contributed by atoms with van der Waals surface area (Å²) in [6.07, 6.45) is 6.71. The highest BCUT2D eigenvalue weighted by Gasteiger charge is 2.22. The van der Waals surface area contributed by atoms with Crippen LogP contribution in [0.1, 0.15) is 43.7 Å². The quantitative estimate of drug-likeness (QED) is 0.894. The summed E-state index contributed by atoms with van der Waals surface area (Å²) in [5, 5.41) is 3.52. The highest BCUT2D eigenvalue weighted by molar-refractivity contribution is 5.57. The van der Waals surface area contributed by atoms with Crippen LogP contribution in [0.15, 0.2) is 18.2 Å². The summed E-state index contributed by atoms with van der Waals surface area (Å²) in [4.78, 5) is 2.62. The zero-order chi connectivity index (χ0) is 13.1. The van der Waals surface area contributed by atoms with E-state index in [1.807, 2.05) is 0 Å². The average Bonchev–Trinajstić information content (AvgIpc) is 2.48. The van der Waals surface area contributed by atoms with Crippen molar-refractivity contribution < 1.29 is 0 Å². The van der Waals surface area contributed by atoms with E-state index < -0.39 is 0 Å². The van der Waals surface area contributed by atoms with Crippen LogP contribution in [0.3, 0.4) is 0 Å². The lowest BCUT2D eigenvalue weighted by Gasteiger charge is -2.36. The second kappa shape index (κ2) is 5.96. The molecule has 0 amide bonds. The average molecular weight is 258 g/mol. The van der Waals surface area contributed by atoms with Gasteiger partial charge < -0.3 is 10.2 Å². The summed E-state index contributed by atoms with van der Waals surface area (Å²) in [7, 11) is 0. The molecule has 2 heterocycles. The molecule has 1 N–H and O–H groups in total. The minimum absolute atomic E-state index is 0.971. The Labute approximate surface area is 117 Å². The first-order valence-electron chi connectivity index (χ1n) is 7.95. The SMILES string of the molecule is CCCC1CCN(c2cccc3c2CNCC3)CC1. The van der Waals surface area contributed by atoms with Crippen molar-refractivity contribution in [3.8, 4) is 0 Å². The topological polar surface area (TPSA) is 15.3 Å². The Morgan fingerprint density at radius 3 is 2.89 bits per heavy atom. The zero-order valence-corrected chi connectivity index (χ0v) is 12.1. The molecule has 0 atom stereocenters. The van der Waals surface area contributed by atoms with Gasteiger partial charge in [-0.3, -0.25) is 0 Å². The first-order valence-corrected chi connectivity index (χ1v) is 7.95. The fourth-order valence-corrected chi connectivity index (χ4v) is 3.66. The van der Waals surface area contributed by atoms with Gasteiger partial charge in [0.15, 0.2) is 0 Å². The van der Waals surface area contributed by atoms with Gasteiger partial charge in [-0.1, -0.05) is 31.9 Å². The highest BCUT2D eigenvalue weighted by atomic mass is 15.1. The van der Waals surface area contributed by atoms with Crippen LogP contribution in [-0.2, 0) is 13.0 Å². The number of fused-ring (bicyclic) bond motifs is 1. The van der Waals surface area contributed by atoms with Crippen molar-refractivity contribution in [1.82, 2.24) is 5.32 Å². The van der Waals surface area contributed by atoms with Crippen molar-refractivity contribution in [1.29, 1.82) is 0 Å². The molecule has 0 aliphatic carbocycles. The van der Waals surface area contributed by atoms with Crippen molar-refractivity contribution in [3.05, 3.63) is 29.3 Å². The van der Waals surface area contributed by atoms with E-state index in [-0.39, 0.29) is 0 Å². The molecule has 0 radical (unpaired) electrons. The second-order valence-corrected chi connectivity index (χ2v) is 6.06. The zero-order valence-electron chi connectivity index (χ0n) is 12.1. The van der Waals surface area contributed by atoms with Crippen LogP contribution in [0, 0.1) is 5.92 Å². The van der Waals surface area contributed by atoms with E-state index in [2.05, 4.69) is 35.3 Å². The number of anilines is 1. The van der Waals surface area contributed by atoms with Gasteiger partial charge in [0.2, 0.25) is 0 Å². The van der Waals surface area contributed by atoms with Crippen molar-refractivity contribution in [3.63, 3.8) is 0 Å². The summed E-state index contributed by atoms with van der Waals surface area (Å²) in [6, 6.07) is 6.88. The predicted molar refractivity (Wildman–Crippen MR) is 81.7 cm³/mol. The molecule has 3 rings (SSSR count). The molecule has 0 spiro atoms. The van der Waals surface area contributed by atoms with Crippen LogP contribution in [0.2, 0.25) is 0 Å². The van der Waals surface area contributed by atoms with Crippen molar-refractivity contribution in [2.24, 2.45) is 5.92 Å². The highest BCUT2D eigenvalue weighted by Crippen LogP contribution is 2.31. The number of rotatable bonds is 3. The van der Waals surface area contributed by atoms with Crippen LogP contribution in [-0.4, -0.2) is 19.6 Å². The summed E-state index contributed by atoms with van der Waals surface area (Å²) in [6.45, 7) is 7.00. The molecule has 0 bridgehead atoms. The monoisotopic (exact) mass is 258 g/mol. The van der Waals surface area contributed by atoms with E-state index in [0.29, 0.717) is 0 Å². The van der Waals surface area contributed by atoms with Crippen LogP contribution < -0.4 is 10.2 Å². The molecular weight excluding hydrogens is 232 g/mol. The predicted octanol–water partition coefficient (Wildman–Crippen LogP) is 3.35. The largest absolute Gasteiger partial charge is 0.371 e. The number of hydrogen-bond donors (Lipinski definition) is 1. The lowest BCUT2D eigenvalue weighted by molar-refractivity contribution is 0.378. The number of nitrogens with one attached hydrogen (secondary N) is 1. The van der Waals surface area contributed by atoms with E-state index in [4.69, 9.17) is 0 Å². The molecule has 2 nitrogen and oxygen atoms in total. The van der Waals surface area contributed by atoms with E-state index in [1.54, 1.807) is 11.1 Å². The van der Waals surface area contributed by atoms with Crippen molar-refractivity contribution >= 4 is 5.69 Å². The van der Waals surface area contributed by atoms with Gasteiger partial charge in [-0.25, -0.2) is 0 Å². The molecule has 1 fully saturated rings. The number of nitrogens with zero attached hydrogens (tertiary/aromatic N) is 1. The molecule has 2 aliphatic rings. The molecule has 2 heteroatoms. The Morgan fingerprint density at radius 2 is 2.11 bits per heavy atom. The molecule has 0 unspecified atom stereocenters. The third kappa shape index (κ3) is 2.79. The third-order valence-corrected chi connectivity index (χ3v) is 4.77. The molecule has 0 aromatic heterocycles. The number of benzene rings is 1. The molecule has 1 aromatic carbocycles. The lowest BCUT2D eigenvalue weighted by Crippen LogP contribution is -2.35. The fraction of sp³-hybridized carbons (Fsp3) is 0.647. The minimum Gasteiger partial charge on any atom is -0.371 e. The maximum Gasteiger partial charge on any atom is 0.0414 e. The van der Waals surface area contributed by atoms with Crippen LogP contribution in [0.5, 0.6) is 0 Å². The first kappa shape index (κ1) is 13.0. The van der Waals surface area contributed by atoms with Crippen LogP contribution >= 0.6 is 0 Å². The van der Waals surface area contributed by atoms with Gasteiger partial charge in [0.05, 0.1) is 0 Å². The van der Waals surface area contributed by atoms with Gasteiger partial charge in [0.25, 0.3) is 0 Å². The van der Waals surface area contributed by atoms with Gasteiger partial charge in [-0.15, -0.1) is 0 Å². The van der Waals surface area contributed by atoms with Crippen LogP contribution in [0.4, 0.5) is 5.69 Å². The normalized spacial score (nSPS) is 20.4. The smallest absolute Gasteiger partial charge is 0.0414 e. The Bertz CT molecular complexity index is 419. The van der Waals surface area contributed by atoms with E-state index in [0.717, 1.165) is 19.0 Å². The summed E-state index contributed by atoms with van der Waals surface area (Å²) in [5.41, 5.74) is 4.62. The molecule has 1 saturated heterocycles. The molecular formula is C17H26N2. The van der Waals surface area contributed by atoms with Gasteiger partial charge >= 0.3 is 0 Å². The minimum atomic E-state index is 0.971. The van der Waals surface area contributed by atoms with Crippen molar-refractivity contribution in [2.75, 3.05) is 24.5 Å². The van der Waals surface area contributed by atoms with E-state index in [1.165, 1.54) is 50.9 Å². The summed E-state index contributed by atoms with van der Waals surface area (Å²) in [5.74, 6) is 0.971. The lowest BCUT2D eigenvalue weighted by atomic mass is 9.91. The Kier molecular flexibility index (Phi) is 4.07. The van der Waals surface area contributed by atoms with Gasteiger partial charge in [-0.2, -0.15) is 0 Å². The molecule has 0 saturated carbocycles. The second-order valence-electron chi connectivity index (χ2n) is 6.06. The van der Waals surface area contributed by atoms with E-state index in [9.17, 15) is 0 Å². The van der Waals surface area contributed by atoms with Gasteiger partial charge in [0, 0.05) is 25.3 Å². The van der Waals surface area contributed by atoms with Crippen molar-refractivity contribution in [2.45, 2.75) is 45.6 Å².